The van der Waals surface area contributed by atoms with Gasteiger partial charge in [-0.15, -0.1) is 0 Å². The molecule has 2 heterocycles. The van der Waals surface area contributed by atoms with Crippen LogP contribution in [0.1, 0.15) is 106 Å². The minimum atomic E-state index is -1.03. The van der Waals surface area contributed by atoms with Gasteiger partial charge >= 0.3 is 47.7 Å². The summed E-state index contributed by atoms with van der Waals surface area (Å²) < 4.78 is 19.5. The van der Waals surface area contributed by atoms with Crippen molar-refractivity contribution in [3.05, 3.63) is 162 Å². The molecule has 4 aromatic carbocycles. The van der Waals surface area contributed by atoms with Crippen molar-refractivity contribution in [1.29, 1.82) is 0 Å². The molecule has 2 fully saturated rings. The number of carbonyl (C=O) groups is 4. The molecule has 6 aromatic rings. The van der Waals surface area contributed by atoms with E-state index in [1.54, 1.807) is 76.2 Å². The number of carboxylic acid groups (broad SMARTS) is 2. The van der Waals surface area contributed by atoms with Crippen LogP contribution in [0.3, 0.4) is 0 Å². The van der Waals surface area contributed by atoms with Crippen molar-refractivity contribution in [2.24, 2.45) is 0 Å². The van der Waals surface area contributed by atoms with Gasteiger partial charge in [-0.3, -0.25) is 15.4 Å². The van der Waals surface area contributed by atoms with E-state index in [1.807, 2.05) is 48.5 Å². The van der Waals surface area contributed by atoms with Crippen LogP contribution in [0.4, 0.5) is 21.0 Å². The van der Waals surface area contributed by atoms with Gasteiger partial charge in [-0.2, -0.15) is 8.75 Å². The van der Waals surface area contributed by atoms with Crippen molar-refractivity contribution in [3.8, 4) is 23.7 Å². The standard InChI is InChI=1S/2C25H21ClN2O4S.Na/c2*1-15-22(27-24(31)32-16(2)19-5-3-4-6-20(19)26)21(33-28-15)12-9-17-7-10-18(11-8-17)25(13-14-25)23(29)30;/h2*3-8,10-11,16H,13-14H2,1-2H3,(H,27,31)(H,29,30);/q;;+1/p-1/t2*16-;/m11./s1. The third-order valence-electron chi connectivity index (χ3n) is 11.2. The molecule has 17 heteroatoms. The van der Waals surface area contributed by atoms with E-state index in [0.29, 0.717) is 79.4 Å². The topological polar surface area (TPSA) is 180 Å². The molecule has 2 atom stereocenters. The molecule has 2 amide bonds. The quantitative estimate of drug-likeness (QED) is 0.0918. The summed E-state index contributed by atoms with van der Waals surface area (Å²) in [6.45, 7) is 7.05. The zero-order valence-corrected chi connectivity index (χ0v) is 42.1. The molecule has 2 saturated carbocycles. The van der Waals surface area contributed by atoms with E-state index >= 15 is 0 Å². The van der Waals surface area contributed by atoms with Crippen LogP contribution in [-0.4, -0.2) is 38.0 Å². The van der Waals surface area contributed by atoms with Gasteiger partial charge in [-0.05, 0) is 136 Å². The smallest absolute Gasteiger partial charge is 0.549 e. The number of carboxylic acids is 2. The van der Waals surface area contributed by atoms with Crippen LogP contribution in [0.15, 0.2) is 97.1 Å². The molecule has 0 radical (unpaired) electrons. The molecule has 12 nitrogen and oxygen atoms in total. The Balaban J connectivity index is 0.000000218. The van der Waals surface area contributed by atoms with Crippen LogP contribution in [0.5, 0.6) is 0 Å². The molecular weight excluding hydrogens is 943 g/mol. The second-order valence-corrected chi connectivity index (χ2v) is 18.1. The molecule has 0 spiro atoms. The summed E-state index contributed by atoms with van der Waals surface area (Å²) in [5.74, 6) is 10.4. The number of aryl methyl sites for hydroxylation is 2. The van der Waals surface area contributed by atoms with E-state index in [0.717, 1.165) is 22.3 Å². The zero-order valence-electron chi connectivity index (χ0n) is 37.0. The van der Waals surface area contributed by atoms with Gasteiger partial charge < -0.3 is 24.5 Å². The number of halogens is 2. The van der Waals surface area contributed by atoms with Crippen LogP contribution in [-0.2, 0) is 29.9 Å². The number of anilines is 2. The predicted octanol–water partition coefficient (Wildman–Crippen LogP) is 7.53. The molecule has 2 aromatic heterocycles. The summed E-state index contributed by atoms with van der Waals surface area (Å²) in [5.41, 5.74) is 5.11. The molecule has 0 aliphatic heterocycles. The fraction of sp³-hybridized carbons (Fsp3) is 0.240. The van der Waals surface area contributed by atoms with Gasteiger partial charge in [0, 0.05) is 37.7 Å². The van der Waals surface area contributed by atoms with Crippen LogP contribution in [0.25, 0.3) is 0 Å². The number of rotatable bonds is 10. The average molecular weight is 984 g/mol. The summed E-state index contributed by atoms with van der Waals surface area (Å²) in [5, 5.41) is 27.3. The maximum Gasteiger partial charge on any atom is 1.00 e. The Bertz CT molecular complexity index is 2750. The average Bonchev–Trinajstić information content (AvgIpc) is 4.23. The fourth-order valence-electron chi connectivity index (χ4n) is 7.01. The molecule has 67 heavy (non-hydrogen) atoms. The number of aliphatic carboxylic acids is 2. The number of amides is 2. The maximum atomic E-state index is 12.5. The monoisotopic (exact) mass is 982 g/mol. The van der Waals surface area contributed by atoms with Crippen LogP contribution >= 0.6 is 46.3 Å². The minimum absolute atomic E-state index is 0. The second kappa shape index (κ2) is 22.0. The van der Waals surface area contributed by atoms with Gasteiger partial charge in [-0.25, -0.2) is 9.59 Å². The third-order valence-corrected chi connectivity index (χ3v) is 13.6. The molecule has 0 saturated heterocycles. The normalized spacial score (nSPS) is 14.3. The SMILES string of the molecule is Cc1nsc(C#Cc2ccc(C3(C(=O)O)CC3)cc2)c1NC(=O)O[C@H](C)c1ccccc1Cl.Cc1nsc(C#Cc2ccc(C3(C(=O)[O-])CC3)cc2)c1NC(=O)O[C@H](C)c1ccccc1Cl.[Na+]. The predicted molar refractivity (Wildman–Crippen MR) is 253 cm³/mol. The first-order valence-corrected chi connectivity index (χ1v) is 23.0. The van der Waals surface area contributed by atoms with Gasteiger partial charge in [0.15, 0.2) is 0 Å². The maximum absolute atomic E-state index is 12.5. The molecule has 3 N–H and O–H groups in total. The first-order valence-electron chi connectivity index (χ1n) is 20.7. The van der Waals surface area contributed by atoms with Gasteiger partial charge in [0.25, 0.3) is 0 Å². The number of carbonyl (C=O) groups excluding carboxylic acids is 3. The summed E-state index contributed by atoms with van der Waals surface area (Å²) in [4.78, 5) is 49.0. The summed E-state index contributed by atoms with van der Waals surface area (Å²) in [6, 6.07) is 28.7. The molecule has 336 valence electrons. The van der Waals surface area contributed by atoms with Crippen LogP contribution in [0, 0.1) is 37.5 Å². The Morgan fingerprint density at radius 3 is 1.36 bits per heavy atom. The molecule has 2 aliphatic rings. The fourth-order valence-corrected chi connectivity index (χ4v) is 9.01. The second-order valence-electron chi connectivity index (χ2n) is 15.7. The summed E-state index contributed by atoms with van der Waals surface area (Å²) in [7, 11) is 0. The van der Waals surface area contributed by atoms with E-state index in [2.05, 4.69) is 43.1 Å². The molecule has 0 unspecified atom stereocenters. The van der Waals surface area contributed by atoms with Gasteiger partial charge in [0.2, 0.25) is 0 Å². The molecular formula is C50H41Cl2N4NaO8S2. The van der Waals surface area contributed by atoms with E-state index in [4.69, 9.17) is 32.7 Å². The van der Waals surface area contributed by atoms with Crippen molar-refractivity contribution in [1.82, 2.24) is 8.75 Å². The largest absolute Gasteiger partial charge is 1.00 e. The first kappa shape index (κ1) is 50.7. The Morgan fingerprint density at radius 2 is 1.01 bits per heavy atom. The van der Waals surface area contributed by atoms with Gasteiger partial charge in [0.1, 0.15) is 22.0 Å². The van der Waals surface area contributed by atoms with E-state index in [-0.39, 0.29) is 29.6 Å². The molecule has 2 aliphatic carbocycles. The Labute approximate surface area is 428 Å². The number of hydrogen-bond acceptors (Lipinski definition) is 11. The molecule has 8 rings (SSSR count). The number of ether oxygens (including phenoxy) is 2. The summed E-state index contributed by atoms with van der Waals surface area (Å²) >= 11 is 14.7. The Kier molecular flexibility index (Phi) is 16.6. The van der Waals surface area contributed by atoms with Gasteiger partial charge in [0.05, 0.1) is 34.1 Å². The summed E-state index contributed by atoms with van der Waals surface area (Å²) in [6.07, 6.45) is 0.202. The number of nitrogens with one attached hydrogen (secondary N) is 2. The van der Waals surface area contributed by atoms with E-state index in [9.17, 15) is 29.4 Å². The number of benzene rings is 4. The van der Waals surface area contributed by atoms with E-state index in [1.165, 1.54) is 23.1 Å². The number of hydrogen-bond donors (Lipinski definition) is 3. The van der Waals surface area contributed by atoms with Crippen molar-refractivity contribution < 1.29 is 68.4 Å². The molecule has 0 bridgehead atoms. The van der Waals surface area contributed by atoms with Gasteiger partial charge in [-0.1, -0.05) is 95.7 Å². The minimum Gasteiger partial charge on any atom is -0.549 e. The Hall–Kier alpha value is -5.68. The third kappa shape index (κ3) is 12.1. The van der Waals surface area contributed by atoms with Crippen molar-refractivity contribution in [3.63, 3.8) is 0 Å². The van der Waals surface area contributed by atoms with Crippen molar-refractivity contribution >= 4 is 81.8 Å². The van der Waals surface area contributed by atoms with E-state index < -0.39 is 47.2 Å². The van der Waals surface area contributed by atoms with Crippen LogP contribution < -0.4 is 45.3 Å². The van der Waals surface area contributed by atoms with Crippen molar-refractivity contribution in [2.75, 3.05) is 10.6 Å². The Morgan fingerprint density at radius 1 is 0.642 bits per heavy atom. The number of nitrogens with zero attached hydrogens (tertiary/aromatic N) is 2. The zero-order chi connectivity index (χ0) is 47.2. The van der Waals surface area contributed by atoms with Crippen LogP contribution in [0.2, 0.25) is 10.0 Å². The number of aromatic nitrogens is 2. The van der Waals surface area contributed by atoms with Crippen molar-refractivity contribution in [2.45, 2.75) is 76.4 Å². The first-order chi connectivity index (χ1) is 31.6.